The Morgan fingerprint density at radius 3 is 2.58 bits per heavy atom. The normalized spacial score (nSPS) is 38.4. The highest BCUT2D eigenvalue weighted by molar-refractivity contribution is 5.86. The lowest BCUT2D eigenvalue weighted by molar-refractivity contribution is -0.576. The van der Waals surface area contributed by atoms with Gasteiger partial charge in [0.25, 0.3) is 0 Å². The van der Waals surface area contributed by atoms with Crippen LogP contribution in [0.5, 0.6) is 0 Å². The molecule has 1 aromatic carbocycles. The summed E-state index contributed by atoms with van der Waals surface area (Å²) in [4.78, 5) is 48.8. The number of nitrogens with one attached hydrogen (secondary N) is 1. The molecule has 2 N–H and O–H groups in total. The lowest BCUT2D eigenvalue weighted by atomic mass is 9.58. The fourth-order valence-electron chi connectivity index (χ4n) is 6.73. The quantitative estimate of drug-likeness (QED) is 0.383. The topological polar surface area (TPSA) is 130 Å². The number of hydrogen-bond donors (Lipinski definition) is 2. The lowest BCUT2D eigenvalue weighted by Gasteiger charge is -2.59. The van der Waals surface area contributed by atoms with Crippen molar-refractivity contribution < 1.29 is 43.5 Å². The molecule has 1 aromatic rings. The molecule has 208 valence electrons. The van der Waals surface area contributed by atoms with Crippen molar-refractivity contribution in [3.63, 3.8) is 0 Å². The van der Waals surface area contributed by atoms with E-state index in [-0.39, 0.29) is 37.0 Å². The minimum Gasteiger partial charge on any atom is -0.480 e. The standard InChI is InChI=1S/C28H37NO9/c1-16-9-10-20-17(2)25(35-26-28(20)19(16)13-14-27(3,36-26)37-38-28)34-23(31)12-11-22(30)29-21(24(32)33)15-18-7-5-4-6-8-18/h4-8,16-17,19-21,25-26H,9-15H2,1-3H3,(H,29,30)(H,32,33)/t16-,17-,19+,20+,21+,25-,26-,27+,28-/m1/s1. The first-order valence-corrected chi connectivity index (χ1v) is 13.6. The van der Waals surface area contributed by atoms with E-state index in [9.17, 15) is 19.5 Å². The van der Waals surface area contributed by atoms with Gasteiger partial charge in [-0.25, -0.2) is 14.6 Å². The third-order valence-electron chi connectivity index (χ3n) is 8.82. The number of hydrogen-bond acceptors (Lipinski definition) is 8. The van der Waals surface area contributed by atoms with E-state index in [1.54, 1.807) is 24.3 Å². The van der Waals surface area contributed by atoms with Gasteiger partial charge < -0.3 is 24.6 Å². The average Bonchev–Trinajstić information content (AvgIpc) is 3.12. The van der Waals surface area contributed by atoms with Crippen LogP contribution in [0.3, 0.4) is 0 Å². The van der Waals surface area contributed by atoms with Crippen LogP contribution in [-0.4, -0.2) is 53.0 Å². The SMILES string of the molecule is C[C@H]1[C@H](OC(=O)CCC(=O)N[C@@H](Cc2ccccc2)C(=O)O)O[C@@H]2O[C@]3(C)CC[C@H]4[C@H](C)CC[C@@H]1[C@@]24OO3. The molecular weight excluding hydrogens is 494 g/mol. The van der Waals surface area contributed by atoms with Gasteiger partial charge in [0.1, 0.15) is 6.04 Å². The van der Waals surface area contributed by atoms with Crippen LogP contribution in [0.15, 0.2) is 30.3 Å². The molecule has 4 heterocycles. The van der Waals surface area contributed by atoms with Crippen molar-refractivity contribution in [3.8, 4) is 0 Å². The molecule has 1 spiro atoms. The second kappa shape index (κ2) is 10.6. The minimum absolute atomic E-state index is 0.0144. The molecule has 4 saturated heterocycles. The van der Waals surface area contributed by atoms with Gasteiger partial charge in [-0.05, 0) is 43.6 Å². The van der Waals surface area contributed by atoms with Gasteiger partial charge >= 0.3 is 11.9 Å². The average molecular weight is 532 g/mol. The van der Waals surface area contributed by atoms with Gasteiger partial charge in [0.15, 0.2) is 11.9 Å². The molecule has 9 atom stereocenters. The van der Waals surface area contributed by atoms with E-state index in [1.807, 2.05) is 19.9 Å². The maximum Gasteiger partial charge on any atom is 0.326 e. The van der Waals surface area contributed by atoms with Gasteiger partial charge in [-0.1, -0.05) is 44.2 Å². The van der Waals surface area contributed by atoms with Crippen molar-refractivity contribution in [2.24, 2.45) is 23.7 Å². The second-order valence-electron chi connectivity index (χ2n) is 11.4. The van der Waals surface area contributed by atoms with Crippen molar-refractivity contribution in [2.75, 3.05) is 0 Å². The highest BCUT2D eigenvalue weighted by atomic mass is 17.3. The lowest BCUT2D eigenvalue weighted by Crippen LogP contribution is -2.70. The third-order valence-corrected chi connectivity index (χ3v) is 8.82. The summed E-state index contributed by atoms with van der Waals surface area (Å²) in [5, 5.41) is 12.0. The van der Waals surface area contributed by atoms with E-state index in [0.29, 0.717) is 12.3 Å². The van der Waals surface area contributed by atoms with Crippen molar-refractivity contribution in [3.05, 3.63) is 35.9 Å². The number of benzene rings is 1. The molecule has 6 rings (SSSR count). The summed E-state index contributed by atoms with van der Waals surface area (Å²) in [5.41, 5.74) is 0.0401. The molecule has 38 heavy (non-hydrogen) atoms. The monoisotopic (exact) mass is 531 g/mol. The van der Waals surface area contributed by atoms with E-state index in [1.165, 1.54) is 0 Å². The highest BCUT2D eigenvalue weighted by Gasteiger charge is 2.69. The largest absolute Gasteiger partial charge is 0.480 e. The van der Waals surface area contributed by atoms with Gasteiger partial charge in [-0.3, -0.25) is 9.59 Å². The van der Waals surface area contributed by atoms with E-state index in [2.05, 4.69) is 12.2 Å². The highest BCUT2D eigenvalue weighted by Crippen LogP contribution is 2.60. The Balaban J connectivity index is 1.19. The zero-order valence-electron chi connectivity index (χ0n) is 22.1. The number of carboxylic acids is 1. The van der Waals surface area contributed by atoms with Gasteiger partial charge in [0, 0.05) is 31.1 Å². The number of amides is 1. The number of carbonyl (C=O) groups is 3. The summed E-state index contributed by atoms with van der Waals surface area (Å²) in [5.74, 6) is -2.72. The van der Waals surface area contributed by atoms with Crippen LogP contribution in [-0.2, 0) is 44.8 Å². The Morgan fingerprint density at radius 1 is 1.08 bits per heavy atom. The van der Waals surface area contributed by atoms with E-state index in [4.69, 9.17) is 24.0 Å². The van der Waals surface area contributed by atoms with Crippen LogP contribution < -0.4 is 5.32 Å². The van der Waals surface area contributed by atoms with E-state index >= 15 is 0 Å². The van der Waals surface area contributed by atoms with Crippen LogP contribution in [0.25, 0.3) is 0 Å². The van der Waals surface area contributed by atoms with Crippen molar-refractivity contribution >= 4 is 17.8 Å². The van der Waals surface area contributed by atoms with Gasteiger partial charge in [0.2, 0.25) is 18.0 Å². The van der Waals surface area contributed by atoms with Crippen molar-refractivity contribution in [2.45, 2.75) is 95.7 Å². The number of rotatable bonds is 8. The Labute approximate surface area is 222 Å². The molecule has 10 nitrogen and oxygen atoms in total. The summed E-state index contributed by atoms with van der Waals surface area (Å²) in [6.45, 7) is 6.05. The third kappa shape index (κ3) is 5.06. The number of aliphatic carboxylic acids is 1. The fourth-order valence-corrected chi connectivity index (χ4v) is 6.73. The Morgan fingerprint density at radius 2 is 1.84 bits per heavy atom. The first kappa shape index (κ1) is 27.1. The number of fused-ring (bicyclic) bond motifs is 2. The van der Waals surface area contributed by atoms with E-state index < -0.39 is 47.9 Å². The smallest absolute Gasteiger partial charge is 0.326 e. The molecule has 4 aliphatic heterocycles. The Bertz CT molecular complexity index is 1050. The molecule has 1 amide bonds. The summed E-state index contributed by atoms with van der Waals surface area (Å²) < 4.78 is 18.2. The Hall–Kier alpha value is -2.53. The molecule has 10 heteroatoms. The van der Waals surface area contributed by atoms with Crippen LogP contribution in [0.2, 0.25) is 0 Å². The summed E-state index contributed by atoms with van der Waals surface area (Å²) in [7, 11) is 0. The van der Waals surface area contributed by atoms with Crippen LogP contribution in [0.1, 0.15) is 64.9 Å². The zero-order chi connectivity index (χ0) is 27.1. The number of carboxylic acid groups (broad SMARTS) is 1. The van der Waals surface area contributed by atoms with Gasteiger partial charge in [-0.15, -0.1) is 0 Å². The molecule has 0 aromatic heterocycles. The van der Waals surface area contributed by atoms with Crippen LogP contribution in [0.4, 0.5) is 0 Å². The zero-order valence-corrected chi connectivity index (χ0v) is 22.1. The molecule has 1 aliphatic carbocycles. The predicted octanol–water partition coefficient (Wildman–Crippen LogP) is 3.33. The minimum atomic E-state index is -1.14. The predicted molar refractivity (Wildman–Crippen MR) is 132 cm³/mol. The summed E-state index contributed by atoms with van der Waals surface area (Å²) in [6.07, 6.45) is 1.67. The molecule has 0 radical (unpaired) electrons. The van der Waals surface area contributed by atoms with Gasteiger partial charge in [0.05, 0.1) is 6.42 Å². The van der Waals surface area contributed by atoms with Crippen molar-refractivity contribution in [1.82, 2.24) is 5.32 Å². The molecule has 2 bridgehead atoms. The second-order valence-corrected chi connectivity index (χ2v) is 11.4. The molecule has 5 fully saturated rings. The van der Waals surface area contributed by atoms with Crippen molar-refractivity contribution in [1.29, 1.82) is 0 Å². The van der Waals surface area contributed by atoms with Crippen LogP contribution >= 0.6 is 0 Å². The first-order chi connectivity index (χ1) is 18.1. The Kier molecular flexibility index (Phi) is 7.52. The summed E-state index contributed by atoms with van der Waals surface area (Å²) >= 11 is 0. The van der Waals surface area contributed by atoms with E-state index in [0.717, 1.165) is 24.8 Å². The number of esters is 1. The molecular formula is C28H37NO9. The van der Waals surface area contributed by atoms with Gasteiger partial charge in [-0.2, -0.15) is 0 Å². The number of carbonyl (C=O) groups excluding carboxylic acids is 2. The molecule has 0 unspecified atom stereocenters. The first-order valence-electron chi connectivity index (χ1n) is 13.6. The summed E-state index contributed by atoms with van der Waals surface area (Å²) in [6, 6.07) is 7.95. The van der Waals surface area contributed by atoms with Crippen LogP contribution in [0, 0.1) is 23.7 Å². The molecule has 5 aliphatic rings. The maximum atomic E-state index is 12.8. The molecule has 1 saturated carbocycles. The fraction of sp³-hybridized carbons (Fsp3) is 0.679. The maximum absolute atomic E-state index is 12.8. The number of ether oxygens (including phenoxy) is 3.